The zero-order valence-electron chi connectivity index (χ0n) is 9.14. The Bertz CT molecular complexity index is 415. The third kappa shape index (κ3) is 5.72. The van der Waals surface area contributed by atoms with Gasteiger partial charge in [0.15, 0.2) is 5.96 Å². The summed E-state index contributed by atoms with van der Waals surface area (Å²) in [6, 6.07) is 6.50. The molecule has 0 atom stereocenters. The number of hydrogen-bond donors (Lipinski definition) is 3. The Kier molecular flexibility index (Phi) is 6.65. The Hall–Kier alpha value is -1.82. The van der Waals surface area contributed by atoms with Crippen molar-refractivity contribution in [2.45, 2.75) is 6.42 Å². The van der Waals surface area contributed by atoms with Gasteiger partial charge in [-0.15, -0.1) is 12.4 Å². The summed E-state index contributed by atoms with van der Waals surface area (Å²) < 4.78 is 13.2. The van der Waals surface area contributed by atoms with Gasteiger partial charge in [-0.25, -0.2) is 4.39 Å². The van der Waals surface area contributed by atoms with Crippen molar-refractivity contribution < 1.29 is 4.39 Å². The lowest BCUT2D eigenvalue weighted by molar-refractivity contribution is 0.609. The van der Waals surface area contributed by atoms with Gasteiger partial charge in [-0.3, -0.25) is 4.99 Å². The first-order valence-electron chi connectivity index (χ1n) is 4.72. The fourth-order valence-electron chi connectivity index (χ4n) is 1.16. The van der Waals surface area contributed by atoms with Crippen molar-refractivity contribution in [2.24, 2.45) is 27.2 Å². The monoisotopic (exact) mass is 259 g/mol. The normalized spacial score (nSPS) is 10.5. The average Bonchev–Trinajstić information content (AvgIpc) is 2.19. The van der Waals surface area contributed by atoms with Crippen LogP contribution < -0.4 is 17.2 Å². The second kappa shape index (κ2) is 7.45. The molecule has 6 N–H and O–H groups in total. The fourth-order valence-corrected chi connectivity index (χ4v) is 1.16. The summed E-state index contributed by atoms with van der Waals surface area (Å²) in [5.74, 6) is -0.401. The molecular weight excluding hydrogens is 245 g/mol. The van der Waals surface area contributed by atoms with Crippen LogP contribution in [-0.4, -0.2) is 18.5 Å². The van der Waals surface area contributed by atoms with Gasteiger partial charge in [0, 0.05) is 6.54 Å². The van der Waals surface area contributed by atoms with Crippen molar-refractivity contribution >= 4 is 24.3 Å². The third-order valence-corrected chi connectivity index (χ3v) is 1.86. The Morgan fingerprint density at radius 1 is 1.18 bits per heavy atom. The number of rotatable bonds is 3. The Balaban J connectivity index is 0.00000256. The molecule has 1 aromatic carbocycles. The number of nitrogens with two attached hydrogens (primary N) is 3. The van der Waals surface area contributed by atoms with E-state index >= 15 is 0 Å². The molecule has 0 aliphatic rings. The molecule has 0 heterocycles. The summed E-state index contributed by atoms with van der Waals surface area (Å²) in [6.45, 7) is 0.337. The van der Waals surface area contributed by atoms with Crippen LogP contribution in [-0.2, 0) is 6.42 Å². The molecular formula is C10H15ClFN5. The number of nitrogens with zero attached hydrogens (tertiary/aromatic N) is 2. The molecule has 0 fully saturated rings. The standard InChI is InChI=1S/C10H14FN5.ClH/c11-8-4-2-1-3-7(8)5-6-15-10(14)16-9(12)13;/h1-4H,5-6H2,(H6,12,13,14,15,16);1H. The topological polar surface area (TPSA) is 103 Å². The predicted molar refractivity (Wildman–Crippen MR) is 69.7 cm³/mol. The van der Waals surface area contributed by atoms with E-state index in [0.717, 1.165) is 0 Å². The zero-order chi connectivity index (χ0) is 12.0. The van der Waals surface area contributed by atoms with Crippen LogP contribution in [0.1, 0.15) is 5.56 Å². The molecule has 0 saturated carbocycles. The predicted octanol–water partition coefficient (Wildman–Crippen LogP) is 0.378. The van der Waals surface area contributed by atoms with Gasteiger partial charge in [0.2, 0.25) is 5.96 Å². The summed E-state index contributed by atoms with van der Waals surface area (Å²) in [5, 5.41) is 0. The van der Waals surface area contributed by atoms with Crippen molar-refractivity contribution in [3.05, 3.63) is 35.6 Å². The quantitative estimate of drug-likeness (QED) is 0.540. The molecule has 17 heavy (non-hydrogen) atoms. The molecule has 5 nitrogen and oxygen atoms in total. The first-order valence-corrected chi connectivity index (χ1v) is 4.72. The largest absolute Gasteiger partial charge is 0.370 e. The molecule has 7 heteroatoms. The lowest BCUT2D eigenvalue weighted by atomic mass is 10.1. The first-order chi connectivity index (χ1) is 7.59. The molecule has 0 amide bonds. The van der Waals surface area contributed by atoms with E-state index in [1.54, 1.807) is 18.2 Å². The second-order valence-corrected chi connectivity index (χ2v) is 3.12. The van der Waals surface area contributed by atoms with Crippen LogP contribution in [0.25, 0.3) is 0 Å². The van der Waals surface area contributed by atoms with Crippen molar-refractivity contribution in [3.8, 4) is 0 Å². The highest BCUT2D eigenvalue weighted by Crippen LogP contribution is 2.06. The number of benzene rings is 1. The summed E-state index contributed by atoms with van der Waals surface area (Å²) in [7, 11) is 0. The SMILES string of the molecule is Cl.NC(N)=NC(N)=NCCc1ccccc1F. The minimum atomic E-state index is -0.252. The zero-order valence-corrected chi connectivity index (χ0v) is 9.95. The Labute approximate surface area is 105 Å². The fraction of sp³-hybridized carbons (Fsp3) is 0.200. The average molecular weight is 260 g/mol. The summed E-state index contributed by atoms with van der Waals surface area (Å²) in [4.78, 5) is 7.42. The molecule has 0 aromatic heterocycles. The molecule has 0 radical (unpaired) electrons. The van der Waals surface area contributed by atoms with Gasteiger partial charge in [-0.1, -0.05) is 18.2 Å². The maximum atomic E-state index is 13.2. The van der Waals surface area contributed by atoms with E-state index in [9.17, 15) is 4.39 Å². The Morgan fingerprint density at radius 2 is 1.82 bits per heavy atom. The van der Waals surface area contributed by atoms with Crippen LogP contribution in [0.4, 0.5) is 4.39 Å². The van der Waals surface area contributed by atoms with Gasteiger partial charge >= 0.3 is 0 Å². The van der Waals surface area contributed by atoms with E-state index in [-0.39, 0.29) is 30.1 Å². The molecule has 0 unspecified atom stereocenters. The second-order valence-electron chi connectivity index (χ2n) is 3.12. The van der Waals surface area contributed by atoms with E-state index in [0.29, 0.717) is 18.5 Å². The summed E-state index contributed by atoms with van der Waals surface area (Å²) in [6.07, 6.45) is 0.452. The van der Waals surface area contributed by atoms with Crippen molar-refractivity contribution in [2.75, 3.05) is 6.54 Å². The maximum Gasteiger partial charge on any atom is 0.218 e. The van der Waals surface area contributed by atoms with E-state index in [2.05, 4.69) is 9.98 Å². The third-order valence-electron chi connectivity index (χ3n) is 1.86. The van der Waals surface area contributed by atoms with Gasteiger partial charge in [-0.2, -0.15) is 4.99 Å². The van der Waals surface area contributed by atoms with Crippen molar-refractivity contribution in [1.82, 2.24) is 0 Å². The van der Waals surface area contributed by atoms with E-state index in [1.165, 1.54) is 6.07 Å². The highest BCUT2D eigenvalue weighted by atomic mass is 35.5. The lowest BCUT2D eigenvalue weighted by Gasteiger charge is -2.00. The molecule has 0 spiro atoms. The van der Waals surface area contributed by atoms with Crippen molar-refractivity contribution in [1.29, 1.82) is 0 Å². The highest BCUT2D eigenvalue weighted by Gasteiger charge is 1.99. The van der Waals surface area contributed by atoms with Crippen LogP contribution >= 0.6 is 12.4 Å². The van der Waals surface area contributed by atoms with Gasteiger partial charge in [0.25, 0.3) is 0 Å². The molecule has 0 bridgehead atoms. The summed E-state index contributed by atoms with van der Waals surface area (Å²) >= 11 is 0. The molecule has 1 aromatic rings. The number of guanidine groups is 2. The summed E-state index contributed by atoms with van der Waals surface area (Å²) in [5.41, 5.74) is 16.2. The molecule has 0 saturated heterocycles. The van der Waals surface area contributed by atoms with Crippen LogP contribution in [0, 0.1) is 5.82 Å². The van der Waals surface area contributed by atoms with Gasteiger partial charge in [0.1, 0.15) is 5.82 Å². The maximum absolute atomic E-state index is 13.2. The van der Waals surface area contributed by atoms with Gasteiger partial charge in [-0.05, 0) is 18.1 Å². The molecule has 0 aliphatic heterocycles. The van der Waals surface area contributed by atoms with Gasteiger partial charge in [0.05, 0.1) is 0 Å². The number of halogens is 2. The molecule has 0 aliphatic carbocycles. The molecule has 1 rings (SSSR count). The number of aliphatic imine (C=N–C) groups is 2. The van der Waals surface area contributed by atoms with Crippen LogP contribution in [0.5, 0.6) is 0 Å². The Morgan fingerprint density at radius 3 is 2.41 bits per heavy atom. The highest BCUT2D eigenvalue weighted by molar-refractivity contribution is 5.92. The van der Waals surface area contributed by atoms with Crippen molar-refractivity contribution in [3.63, 3.8) is 0 Å². The minimum absolute atomic E-state index is 0. The number of hydrogen-bond acceptors (Lipinski definition) is 1. The van der Waals surface area contributed by atoms with Crippen LogP contribution in [0.15, 0.2) is 34.3 Å². The van der Waals surface area contributed by atoms with E-state index in [4.69, 9.17) is 17.2 Å². The van der Waals surface area contributed by atoms with Crippen LogP contribution in [0.2, 0.25) is 0 Å². The van der Waals surface area contributed by atoms with E-state index in [1.807, 2.05) is 0 Å². The smallest absolute Gasteiger partial charge is 0.218 e. The van der Waals surface area contributed by atoms with Crippen LogP contribution in [0.3, 0.4) is 0 Å². The lowest BCUT2D eigenvalue weighted by Crippen LogP contribution is -2.26. The van der Waals surface area contributed by atoms with E-state index < -0.39 is 0 Å². The molecule has 94 valence electrons. The minimum Gasteiger partial charge on any atom is -0.370 e. The first kappa shape index (κ1) is 15.2. The van der Waals surface area contributed by atoms with Gasteiger partial charge < -0.3 is 17.2 Å².